The number of carboxylic acids is 1. The summed E-state index contributed by atoms with van der Waals surface area (Å²) in [6.07, 6.45) is 1.69. The lowest BCUT2D eigenvalue weighted by molar-refractivity contribution is -0.142. The number of benzene rings is 1. The lowest BCUT2D eigenvalue weighted by atomic mass is 9.93. The van der Waals surface area contributed by atoms with Gasteiger partial charge < -0.3 is 10.8 Å². The highest BCUT2D eigenvalue weighted by Crippen LogP contribution is 2.29. The van der Waals surface area contributed by atoms with Crippen LogP contribution < -0.4 is 5.73 Å². The van der Waals surface area contributed by atoms with E-state index in [9.17, 15) is 9.90 Å². The van der Waals surface area contributed by atoms with Crippen LogP contribution in [0.15, 0.2) is 46.2 Å². The molecule has 2 aromatic rings. The molecule has 2 rings (SSSR count). The molecule has 0 aliphatic heterocycles. The molecule has 3 N–H and O–H groups in total. The fourth-order valence-corrected chi connectivity index (χ4v) is 3.21. The predicted octanol–water partition coefficient (Wildman–Crippen LogP) is 2.17. The van der Waals surface area contributed by atoms with Gasteiger partial charge in [0.25, 0.3) is 0 Å². The van der Waals surface area contributed by atoms with E-state index in [1.165, 1.54) is 23.1 Å². The molecule has 0 radical (unpaired) electrons. The van der Waals surface area contributed by atoms with Gasteiger partial charge in [0.1, 0.15) is 9.88 Å². The molecule has 4 nitrogen and oxygen atoms in total. The Balaban J connectivity index is 2.20. The third-order valence-electron chi connectivity index (χ3n) is 2.50. The number of thioether (sulfide) groups is 1. The Kier molecular flexibility index (Phi) is 4.00. The van der Waals surface area contributed by atoms with Crippen LogP contribution in [0.2, 0.25) is 0 Å². The van der Waals surface area contributed by atoms with Gasteiger partial charge in [-0.1, -0.05) is 42.1 Å². The van der Waals surface area contributed by atoms with Crippen molar-refractivity contribution in [2.75, 3.05) is 5.75 Å². The van der Waals surface area contributed by atoms with Gasteiger partial charge in [0.2, 0.25) is 0 Å². The summed E-state index contributed by atoms with van der Waals surface area (Å²) < 4.78 is 0.821. The summed E-state index contributed by atoms with van der Waals surface area (Å²) in [4.78, 5) is 15.5. The van der Waals surface area contributed by atoms with Crippen LogP contribution in [0, 0.1) is 0 Å². The second-order valence-electron chi connectivity index (χ2n) is 3.73. The fourth-order valence-electron chi connectivity index (χ4n) is 1.46. The second-order valence-corrected chi connectivity index (χ2v) is 5.85. The number of hydrogen-bond acceptors (Lipinski definition) is 5. The second kappa shape index (κ2) is 5.51. The van der Waals surface area contributed by atoms with Crippen molar-refractivity contribution >= 4 is 29.1 Å². The van der Waals surface area contributed by atoms with E-state index in [0.717, 1.165) is 4.34 Å². The van der Waals surface area contributed by atoms with E-state index in [1.54, 1.807) is 30.5 Å². The molecular formula is C12H12N2O2S2. The van der Waals surface area contributed by atoms with Crippen LogP contribution >= 0.6 is 23.1 Å². The summed E-state index contributed by atoms with van der Waals surface area (Å²) in [5.41, 5.74) is 5.24. The first-order valence-corrected chi connectivity index (χ1v) is 7.09. The number of hydrogen-bond donors (Lipinski definition) is 2. The van der Waals surface area contributed by atoms with E-state index in [1.807, 2.05) is 11.4 Å². The zero-order valence-corrected chi connectivity index (χ0v) is 11.1. The number of carboxylic acid groups (broad SMARTS) is 1. The first kappa shape index (κ1) is 13.1. The predicted molar refractivity (Wildman–Crippen MR) is 72.8 cm³/mol. The Morgan fingerprint density at radius 2 is 2.17 bits per heavy atom. The summed E-state index contributed by atoms with van der Waals surface area (Å²) in [6.45, 7) is 0. The molecule has 1 atom stereocenters. The average Bonchev–Trinajstić information content (AvgIpc) is 2.90. The minimum Gasteiger partial charge on any atom is -0.480 e. The van der Waals surface area contributed by atoms with Crippen LogP contribution in [0.3, 0.4) is 0 Å². The molecule has 6 heteroatoms. The standard InChI is InChI=1S/C12H12N2O2S2/c13-12(10(15)16,9-4-2-1-3-5-9)8-18-11-14-6-7-17-11/h1-7H,8,13H2,(H,15,16). The quantitative estimate of drug-likeness (QED) is 0.821. The van der Waals surface area contributed by atoms with Gasteiger partial charge in [0, 0.05) is 17.3 Å². The summed E-state index contributed by atoms with van der Waals surface area (Å²) >= 11 is 2.83. The summed E-state index contributed by atoms with van der Waals surface area (Å²) in [6, 6.07) is 8.87. The molecule has 0 bridgehead atoms. The van der Waals surface area contributed by atoms with Crippen molar-refractivity contribution < 1.29 is 9.90 Å². The molecule has 0 saturated carbocycles. The molecule has 1 unspecified atom stereocenters. The fraction of sp³-hybridized carbons (Fsp3) is 0.167. The maximum atomic E-state index is 11.4. The van der Waals surface area contributed by atoms with Gasteiger partial charge in [0.15, 0.2) is 0 Å². The van der Waals surface area contributed by atoms with E-state index in [2.05, 4.69) is 4.98 Å². The molecule has 0 aliphatic rings. The maximum Gasteiger partial charge on any atom is 0.329 e. The van der Waals surface area contributed by atoms with Gasteiger partial charge >= 0.3 is 5.97 Å². The smallest absolute Gasteiger partial charge is 0.329 e. The zero-order valence-electron chi connectivity index (χ0n) is 9.45. The van der Waals surface area contributed by atoms with Gasteiger partial charge in [-0.15, -0.1) is 11.3 Å². The van der Waals surface area contributed by atoms with Gasteiger partial charge in [0.05, 0.1) is 0 Å². The molecule has 0 fully saturated rings. The molecule has 1 aromatic carbocycles. The largest absolute Gasteiger partial charge is 0.480 e. The number of nitrogens with zero attached hydrogens (tertiary/aromatic N) is 1. The van der Waals surface area contributed by atoms with Crippen LogP contribution in [0.5, 0.6) is 0 Å². The average molecular weight is 280 g/mol. The highest BCUT2D eigenvalue weighted by Gasteiger charge is 2.36. The van der Waals surface area contributed by atoms with Crippen molar-refractivity contribution in [2.45, 2.75) is 9.88 Å². The third-order valence-corrected chi connectivity index (χ3v) is 4.66. The zero-order chi connectivity index (χ0) is 13.0. The number of aliphatic carboxylic acids is 1. The Bertz CT molecular complexity index is 516. The van der Waals surface area contributed by atoms with Crippen molar-refractivity contribution in [2.24, 2.45) is 5.73 Å². The molecule has 1 heterocycles. The van der Waals surface area contributed by atoms with Gasteiger partial charge in [-0.25, -0.2) is 9.78 Å². The van der Waals surface area contributed by atoms with Crippen molar-refractivity contribution in [1.82, 2.24) is 4.98 Å². The molecular weight excluding hydrogens is 268 g/mol. The summed E-state index contributed by atoms with van der Waals surface area (Å²) in [7, 11) is 0. The Hall–Kier alpha value is -1.37. The number of nitrogens with two attached hydrogens (primary N) is 1. The molecule has 1 aromatic heterocycles. The Morgan fingerprint density at radius 3 is 2.72 bits per heavy atom. The molecule has 0 aliphatic carbocycles. The van der Waals surface area contributed by atoms with Crippen molar-refractivity contribution in [1.29, 1.82) is 0 Å². The lowest BCUT2D eigenvalue weighted by Gasteiger charge is -2.24. The highest BCUT2D eigenvalue weighted by molar-refractivity contribution is 8.01. The van der Waals surface area contributed by atoms with Gasteiger partial charge in [-0.3, -0.25) is 0 Å². The Labute approximate surface area is 113 Å². The van der Waals surface area contributed by atoms with E-state index in [0.29, 0.717) is 5.56 Å². The van der Waals surface area contributed by atoms with Crippen molar-refractivity contribution in [3.05, 3.63) is 47.5 Å². The van der Waals surface area contributed by atoms with E-state index < -0.39 is 11.5 Å². The first-order chi connectivity index (χ1) is 8.63. The van der Waals surface area contributed by atoms with Gasteiger partial charge in [-0.2, -0.15) is 0 Å². The van der Waals surface area contributed by atoms with Crippen LogP contribution in [0.1, 0.15) is 5.56 Å². The summed E-state index contributed by atoms with van der Waals surface area (Å²) in [5.74, 6) is -0.780. The molecule has 0 saturated heterocycles. The molecule has 94 valence electrons. The molecule has 0 spiro atoms. The van der Waals surface area contributed by atoms with Crippen LogP contribution in [-0.4, -0.2) is 21.8 Å². The topological polar surface area (TPSA) is 76.2 Å². The molecule has 18 heavy (non-hydrogen) atoms. The highest BCUT2D eigenvalue weighted by atomic mass is 32.2. The SMILES string of the molecule is NC(CSc1nccs1)(C(=O)O)c1ccccc1. The number of rotatable bonds is 5. The number of thiazole rings is 1. The van der Waals surface area contributed by atoms with E-state index in [4.69, 9.17) is 5.73 Å². The Morgan fingerprint density at radius 1 is 1.44 bits per heavy atom. The number of carbonyl (C=O) groups is 1. The van der Waals surface area contributed by atoms with Crippen LogP contribution in [-0.2, 0) is 10.3 Å². The van der Waals surface area contributed by atoms with Crippen LogP contribution in [0.4, 0.5) is 0 Å². The van der Waals surface area contributed by atoms with Gasteiger partial charge in [-0.05, 0) is 5.56 Å². The number of aromatic nitrogens is 1. The van der Waals surface area contributed by atoms with Crippen molar-refractivity contribution in [3.63, 3.8) is 0 Å². The maximum absolute atomic E-state index is 11.4. The molecule has 0 amide bonds. The monoisotopic (exact) mass is 280 g/mol. The van der Waals surface area contributed by atoms with E-state index in [-0.39, 0.29) is 5.75 Å². The normalized spacial score (nSPS) is 14.1. The first-order valence-electron chi connectivity index (χ1n) is 5.23. The minimum absolute atomic E-state index is 0.250. The van der Waals surface area contributed by atoms with Crippen molar-refractivity contribution in [3.8, 4) is 0 Å². The summed E-state index contributed by atoms with van der Waals surface area (Å²) in [5, 5.41) is 11.2. The van der Waals surface area contributed by atoms with Crippen LogP contribution in [0.25, 0.3) is 0 Å². The van der Waals surface area contributed by atoms with E-state index >= 15 is 0 Å². The minimum atomic E-state index is -1.39. The third kappa shape index (κ3) is 2.72. The lowest BCUT2D eigenvalue weighted by Crippen LogP contribution is -2.47.